The largest absolute Gasteiger partial charge is 0.481 e. The maximum atomic E-state index is 12.6. The molecule has 1 aliphatic carbocycles. The number of carboxylic acid groups (broad SMARTS) is 1. The third-order valence-electron chi connectivity index (χ3n) is 5.37. The molecule has 0 bridgehead atoms. The van der Waals surface area contributed by atoms with Gasteiger partial charge in [-0.15, -0.1) is 0 Å². The van der Waals surface area contributed by atoms with Crippen LogP contribution in [0.25, 0.3) is 0 Å². The summed E-state index contributed by atoms with van der Waals surface area (Å²) in [4.78, 5) is 36.4. The summed E-state index contributed by atoms with van der Waals surface area (Å²) in [5.74, 6) is -1.23. The highest BCUT2D eigenvalue weighted by molar-refractivity contribution is 5.97. The average Bonchev–Trinajstić information content (AvgIpc) is 2.85. The molecule has 1 aliphatic rings. The number of carboxylic acids is 1. The summed E-state index contributed by atoms with van der Waals surface area (Å²) in [6, 6.07) is 5.33. The van der Waals surface area contributed by atoms with Crippen LogP contribution in [0.3, 0.4) is 0 Å². The van der Waals surface area contributed by atoms with Gasteiger partial charge in [0.05, 0.1) is 5.41 Å². The Bertz CT molecular complexity index is 691. The second-order valence-electron chi connectivity index (χ2n) is 7.50. The molecule has 6 nitrogen and oxygen atoms in total. The fourth-order valence-electron chi connectivity index (χ4n) is 3.72. The summed E-state index contributed by atoms with van der Waals surface area (Å²) >= 11 is 0. The fourth-order valence-corrected chi connectivity index (χ4v) is 3.72. The zero-order valence-electron chi connectivity index (χ0n) is 16.3. The fraction of sp³-hybridized carbons (Fsp3) is 0.571. The van der Waals surface area contributed by atoms with Gasteiger partial charge in [-0.3, -0.25) is 14.4 Å². The summed E-state index contributed by atoms with van der Waals surface area (Å²) in [7, 11) is 0. The molecule has 148 valence electrons. The number of aliphatic carboxylic acids is 1. The van der Waals surface area contributed by atoms with Crippen molar-refractivity contribution in [2.24, 2.45) is 5.41 Å². The quantitative estimate of drug-likeness (QED) is 0.613. The van der Waals surface area contributed by atoms with E-state index in [0.29, 0.717) is 30.6 Å². The van der Waals surface area contributed by atoms with E-state index in [4.69, 9.17) is 0 Å². The van der Waals surface area contributed by atoms with Gasteiger partial charge in [-0.1, -0.05) is 38.7 Å². The number of carbonyl (C=O) groups excluding carboxylic acids is 2. The maximum absolute atomic E-state index is 12.6. The van der Waals surface area contributed by atoms with Crippen molar-refractivity contribution in [2.75, 3.05) is 10.6 Å². The number of hydrogen-bond donors (Lipinski definition) is 3. The molecule has 0 heterocycles. The molecule has 0 radical (unpaired) electrons. The SMILES string of the molecule is CCCC(=O)Nc1cccc(NC(=O)CC2(C(=O)O)CCCCCC2)c1C. The Kier molecular flexibility index (Phi) is 7.39. The Morgan fingerprint density at radius 3 is 2.07 bits per heavy atom. The zero-order chi connectivity index (χ0) is 19.9. The van der Waals surface area contributed by atoms with Crippen molar-refractivity contribution in [3.8, 4) is 0 Å². The number of rotatable bonds is 7. The molecule has 0 unspecified atom stereocenters. The lowest BCUT2D eigenvalue weighted by atomic mass is 9.77. The first-order valence-corrected chi connectivity index (χ1v) is 9.80. The Balaban J connectivity index is 2.10. The van der Waals surface area contributed by atoms with Crippen LogP contribution in [0.2, 0.25) is 0 Å². The minimum Gasteiger partial charge on any atom is -0.481 e. The first kappa shape index (κ1) is 20.9. The van der Waals surface area contributed by atoms with Crippen LogP contribution < -0.4 is 10.6 Å². The van der Waals surface area contributed by atoms with Gasteiger partial charge >= 0.3 is 5.97 Å². The number of hydrogen-bond acceptors (Lipinski definition) is 3. The van der Waals surface area contributed by atoms with Crippen LogP contribution in [0.1, 0.15) is 70.3 Å². The van der Waals surface area contributed by atoms with Gasteiger partial charge in [0.25, 0.3) is 0 Å². The minimum absolute atomic E-state index is 0.0196. The number of anilines is 2. The highest BCUT2D eigenvalue weighted by Crippen LogP contribution is 2.39. The monoisotopic (exact) mass is 374 g/mol. The summed E-state index contributed by atoms with van der Waals surface area (Å²) in [5.41, 5.74) is 1.05. The van der Waals surface area contributed by atoms with Gasteiger partial charge in [-0.2, -0.15) is 0 Å². The van der Waals surface area contributed by atoms with E-state index in [9.17, 15) is 19.5 Å². The highest BCUT2D eigenvalue weighted by atomic mass is 16.4. The van der Waals surface area contributed by atoms with Gasteiger partial charge in [0.1, 0.15) is 0 Å². The molecule has 0 atom stereocenters. The minimum atomic E-state index is -0.971. The van der Waals surface area contributed by atoms with Crippen LogP contribution in [0, 0.1) is 12.3 Å². The molecule has 0 aromatic heterocycles. The third kappa shape index (κ3) is 5.55. The maximum Gasteiger partial charge on any atom is 0.310 e. The first-order valence-electron chi connectivity index (χ1n) is 9.80. The van der Waals surface area contributed by atoms with E-state index in [1.165, 1.54) is 0 Å². The normalized spacial score (nSPS) is 16.2. The van der Waals surface area contributed by atoms with Crippen LogP contribution in [0.15, 0.2) is 18.2 Å². The average molecular weight is 374 g/mol. The van der Waals surface area contributed by atoms with Crippen molar-refractivity contribution in [1.29, 1.82) is 0 Å². The summed E-state index contributed by atoms with van der Waals surface area (Å²) in [6.45, 7) is 3.77. The Hall–Kier alpha value is -2.37. The Labute approximate surface area is 160 Å². The van der Waals surface area contributed by atoms with E-state index < -0.39 is 11.4 Å². The third-order valence-corrected chi connectivity index (χ3v) is 5.37. The summed E-state index contributed by atoms with van der Waals surface area (Å²) < 4.78 is 0. The highest BCUT2D eigenvalue weighted by Gasteiger charge is 2.40. The number of benzene rings is 1. The number of nitrogens with one attached hydrogen (secondary N) is 2. The molecule has 1 aromatic rings. The molecule has 0 spiro atoms. The topological polar surface area (TPSA) is 95.5 Å². The van der Waals surface area contributed by atoms with Crippen LogP contribution in [-0.2, 0) is 14.4 Å². The van der Waals surface area contributed by atoms with Crippen molar-refractivity contribution in [2.45, 2.75) is 71.6 Å². The van der Waals surface area contributed by atoms with Gasteiger partial charge in [0, 0.05) is 24.2 Å². The van der Waals surface area contributed by atoms with Crippen LogP contribution >= 0.6 is 0 Å². The number of amides is 2. The first-order chi connectivity index (χ1) is 12.9. The van der Waals surface area contributed by atoms with Crippen molar-refractivity contribution in [1.82, 2.24) is 0 Å². The van der Waals surface area contributed by atoms with Gasteiger partial charge in [-0.05, 0) is 43.9 Å². The van der Waals surface area contributed by atoms with Crippen molar-refractivity contribution < 1.29 is 19.5 Å². The Morgan fingerprint density at radius 1 is 1.00 bits per heavy atom. The molecule has 1 saturated carbocycles. The van der Waals surface area contributed by atoms with Gasteiger partial charge < -0.3 is 15.7 Å². The number of carbonyl (C=O) groups is 3. The van der Waals surface area contributed by atoms with Crippen LogP contribution in [-0.4, -0.2) is 22.9 Å². The van der Waals surface area contributed by atoms with Gasteiger partial charge in [0.2, 0.25) is 11.8 Å². The van der Waals surface area contributed by atoms with Crippen LogP contribution in [0.4, 0.5) is 11.4 Å². The van der Waals surface area contributed by atoms with Crippen molar-refractivity contribution in [3.05, 3.63) is 23.8 Å². The molecule has 2 rings (SSSR count). The standard InChI is InChI=1S/C21H30N2O4/c1-3-9-18(24)22-16-10-8-11-17(15(16)2)23-19(25)14-21(20(26)27)12-6-4-5-7-13-21/h8,10-11H,3-7,9,12-14H2,1-2H3,(H,22,24)(H,23,25)(H,26,27). The second kappa shape index (κ2) is 9.53. The molecule has 6 heteroatoms. The smallest absolute Gasteiger partial charge is 0.310 e. The predicted octanol–water partition coefficient (Wildman–Crippen LogP) is 4.49. The summed E-state index contributed by atoms with van der Waals surface area (Å²) in [6.07, 6.45) is 6.01. The molecule has 2 amide bonds. The van der Waals surface area contributed by atoms with E-state index in [1.807, 2.05) is 13.8 Å². The summed E-state index contributed by atoms with van der Waals surface area (Å²) in [5, 5.41) is 15.5. The molecule has 27 heavy (non-hydrogen) atoms. The molecule has 1 aromatic carbocycles. The molecular formula is C21H30N2O4. The van der Waals surface area contributed by atoms with Gasteiger partial charge in [-0.25, -0.2) is 0 Å². The lowest BCUT2D eigenvalue weighted by Gasteiger charge is -2.27. The lowest BCUT2D eigenvalue weighted by Crippen LogP contribution is -2.35. The van der Waals surface area contributed by atoms with E-state index >= 15 is 0 Å². The molecule has 3 N–H and O–H groups in total. The predicted molar refractivity (Wildman–Crippen MR) is 106 cm³/mol. The van der Waals surface area contributed by atoms with Gasteiger partial charge in [0.15, 0.2) is 0 Å². The zero-order valence-corrected chi connectivity index (χ0v) is 16.3. The van der Waals surface area contributed by atoms with Crippen LogP contribution in [0.5, 0.6) is 0 Å². The van der Waals surface area contributed by atoms with E-state index in [2.05, 4.69) is 10.6 Å². The Morgan fingerprint density at radius 2 is 1.56 bits per heavy atom. The lowest BCUT2D eigenvalue weighted by molar-refractivity contribution is -0.152. The molecule has 0 aliphatic heterocycles. The second-order valence-corrected chi connectivity index (χ2v) is 7.50. The van der Waals surface area contributed by atoms with Crippen molar-refractivity contribution >= 4 is 29.2 Å². The van der Waals surface area contributed by atoms with Crippen molar-refractivity contribution in [3.63, 3.8) is 0 Å². The van der Waals surface area contributed by atoms with E-state index in [-0.39, 0.29) is 18.2 Å². The molecule has 1 fully saturated rings. The molecule has 0 saturated heterocycles. The van der Waals surface area contributed by atoms with E-state index in [0.717, 1.165) is 37.7 Å². The van der Waals surface area contributed by atoms with E-state index in [1.54, 1.807) is 18.2 Å². The molecular weight excluding hydrogens is 344 g/mol.